The number of hydrogen-bond donors (Lipinski definition) is 2. The van der Waals surface area contributed by atoms with Crippen molar-refractivity contribution < 1.29 is 4.79 Å². The van der Waals surface area contributed by atoms with Gasteiger partial charge in [0.2, 0.25) is 0 Å². The first-order valence-electron chi connectivity index (χ1n) is 8.05. The quantitative estimate of drug-likeness (QED) is 0.837. The van der Waals surface area contributed by atoms with E-state index >= 15 is 0 Å². The number of nitrogens with two attached hydrogens (primary N) is 2. The van der Waals surface area contributed by atoms with Crippen LogP contribution in [0.3, 0.4) is 0 Å². The fourth-order valence-electron chi connectivity index (χ4n) is 3.14. The second-order valence-corrected chi connectivity index (χ2v) is 6.30. The van der Waals surface area contributed by atoms with E-state index in [0.717, 1.165) is 37.2 Å². The number of rotatable bonds is 2. The summed E-state index contributed by atoms with van der Waals surface area (Å²) in [5.74, 6) is 0.579. The second-order valence-electron chi connectivity index (χ2n) is 6.30. The van der Waals surface area contributed by atoms with Gasteiger partial charge in [0.1, 0.15) is 0 Å². The summed E-state index contributed by atoms with van der Waals surface area (Å²) < 4.78 is 0. The average Bonchev–Trinajstić information content (AvgIpc) is 2.57. The van der Waals surface area contributed by atoms with Gasteiger partial charge in [-0.3, -0.25) is 4.79 Å². The lowest BCUT2D eigenvalue weighted by Gasteiger charge is -2.32. The fraction of sp³-hybridized carbons (Fsp3) is 0.316. The Morgan fingerprint density at radius 1 is 1.04 bits per heavy atom. The lowest BCUT2D eigenvalue weighted by Crippen LogP contribution is -2.37. The fourth-order valence-corrected chi connectivity index (χ4v) is 3.14. The molecule has 4 heteroatoms. The zero-order valence-corrected chi connectivity index (χ0v) is 13.5. The van der Waals surface area contributed by atoms with Crippen LogP contribution < -0.4 is 11.5 Å². The van der Waals surface area contributed by atoms with E-state index in [0.29, 0.717) is 17.2 Å². The monoisotopic (exact) mass is 309 g/mol. The predicted molar refractivity (Wildman–Crippen MR) is 94.3 cm³/mol. The first-order chi connectivity index (χ1) is 11.0. The predicted octanol–water partition coefficient (Wildman–Crippen LogP) is 3.18. The van der Waals surface area contributed by atoms with E-state index in [1.54, 1.807) is 6.07 Å². The molecule has 2 aromatic rings. The SMILES string of the molecule is Cc1ccc(C(=O)N2CCC(c3ccc(N)cc3)CC2)cc1N. The van der Waals surface area contributed by atoms with Gasteiger partial charge in [0.25, 0.3) is 5.91 Å². The highest BCUT2D eigenvalue weighted by atomic mass is 16.2. The van der Waals surface area contributed by atoms with Crippen LogP contribution in [0.2, 0.25) is 0 Å². The maximum absolute atomic E-state index is 12.6. The minimum absolute atomic E-state index is 0.0763. The van der Waals surface area contributed by atoms with Crippen LogP contribution in [0, 0.1) is 6.92 Å². The van der Waals surface area contributed by atoms with Gasteiger partial charge in [0, 0.05) is 30.0 Å². The topological polar surface area (TPSA) is 72.3 Å². The number of nitrogens with zero attached hydrogens (tertiary/aromatic N) is 1. The van der Waals surface area contributed by atoms with Gasteiger partial charge >= 0.3 is 0 Å². The molecule has 1 saturated heterocycles. The Bertz CT molecular complexity index is 701. The van der Waals surface area contributed by atoms with Crippen LogP contribution >= 0.6 is 0 Å². The van der Waals surface area contributed by atoms with Gasteiger partial charge in [-0.15, -0.1) is 0 Å². The number of nitrogen functional groups attached to an aromatic ring is 2. The number of anilines is 2. The van der Waals surface area contributed by atoms with Crippen molar-refractivity contribution in [2.75, 3.05) is 24.6 Å². The molecule has 0 atom stereocenters. The summed E-state index contributed by atoms with van der Waals surface area (Å²) in [6.45, 7) is 3.50. The lowest BCUT2D eigenvalue weighted by molar-refractivity contribution is 0.0713. The first kappa shape index (κ1) is 15.4. The van der Waals surface area contributed by atoms with Gasteiger partial charge in [-0.1, -0.05) is 18.2 Å². The molecule has 2 aromatic carbocycles. The number of amides is 1. The van der Waals surface area contributed by atoms with Crippen molar-refractivity contribution in [1.29, 1.82) is 0 Å². The molecule has 1 amide bonds. The summed E-state index contributed by atoms with van der Waals surface area (Å²) in [7, 11) is 0. The molecule has 0 aromatic heterocycles. The normalized spacial score (nSPS) is 15.6. The molecular weight excluding hydrogens is 286 g/mol. The molecule has 4 nitrogen and oxygen atoms in total. The van der Waals surface area contributed by atoms with Crippen molar-refractivity contribution in [3.05, 3.63) is 59.2 Å². The molecule has 120 valence electrons. The van der Waals surface area contributed by atoms with Crippen molar-refractivity contribution in [2.24, 2.45) is 0 Å². The zero-order chi connectivity index (χ0) is 16.4. The maximum Gasteiger partial charge on any atom is 0.253 e. The molecule has 1 heterocycles. The highest BCUT2D eigenvalue weighted by Gasteiger charge is 2.24. The van der Waals surface area contributed by atoms with Gasteiger partial charge in [-0.05, 0) is 61.1 Å². The molecule has 23 heavy (non-hydrogen) atoms. The van der Waals surface area contributed by atoms with Crippen LogP contribution in [0.15, 0.2) is 42.5 Å². The molecule has 0 unspecified atom stereocenters. The molecule has 0 bridgehead atoms. The van der Waals surface area contributed by atoms with E-state index in [-0.39, 0.29) is 5.91 Å². The summed E-state index contributed by atoms with van der Waals surface area (Å²) in [4.78, 5) is 14.5. The molecule has 1 aliphatic rings. The molecule has 0 spiro atoms. The van der Waals surface area contributed by atoms with E-state index in [2.05, 4.69) is 12.1 Å². The highest BCUT2D eigenvalue weighted by molar-refractivity contribution is 5.95. The van der Waals surface area contributed by atoms with E-state index in [9.17, 15) is 4.79 Å². The Kier molecular flexibility index (Phi) is 4.24. The third-order valence-corrected chi connectivity index (χ3v) is 4.72. The minimum Gasteiger partial charge on any atom is -0.399 e. The minimum atomic E-state index is 0.0763. The Labute approximate surface area is 137 Å². The third-order valence-electron chi connectivity index (χ3n) is 4.72. The molecule has 4 N–H and O–H groups in total. The van der Waals surface area contributed by atoms with E-state index < -0.39 is 0 Å². The summed E-state index contributed by atoms with van der Waals surface area (Å²) in [6, 6.07) is 13.6. The molecular formula is C19H23N3O. The van der Waals surface area contributed by atoms with Crippen LogP contribution in [0.1, 0.15) is 40.2 Å². The summed E-state index contributed by atoms with van der Waals surface area (Å²) in [6.07, 6.45) is 1.97. The van der Waals surface area contributed by atoms with Crippen molar-refractivity contribution in [2.45, 2.75) is 25.7 Å². The Morgan fingerprint density at radius 3 is 2.30 bits per heavy atom. The average molecular weight is 309 g/mol. The number of carbonyl (C=O) groups is 1. The van der Waals surface area contributed by atoms with Gasteiger partial charge in [0.15, 0.2) is 0 Å². The number of carbonyl (C=O) groups excluding carboxylic acids is 1. The molecule has 0 radical (unpaired) electrons. The lowest BCUT2D eigenvalue weighted by atomic mass is 9.89. The molecule has 1 fully saturated rings. The summed E-state index contributed by atoms with van der Waals surface area (Å²) in [5, 5.41) is 0. The highest BCUT2D eigenvalue weighted by Crippen LogP contribution is 2.29. The van der Waals surface area contributed by atoms with Gasteiger partial charge < -0.3 is 16.4 Å². The van der Waals surface area contributed by atoms with Crippen molar-refractivity contribution in [3.8, 4) is 0 Å². The molecule has 0 aliphatic carbocycles. The standard InChI is InChI=1S/C19H23N3O/c1-13-2-3-16(12-18(13)21)19(23)22-10-8-15(9-11-22)14-4-6-17(20)7-5-14/h2-7,12,15H,8-11,20-21H2,1H3. The molecule has 0 saturated carbocycles. The number of hydrogen-bond acceptors (Lipinski definition) is 3. The van der Waals surface area contributed by atoms with Crippen LogP contribution in [0.25, 0.3) is 0 Å². The molecule has 1 aliphatic heterocycles. The van der Waals surface area contributed by atoms with E-state index in [1.165, 1.54) is 5.56 Å². The van der Waals surface area contributed by atoms with E-state index in [4.69, 9.17) is 11.5 Å². The Hall–Kier alpha value is -2.49. The van der Waals surface area contributed by atoms with Crippen LogP contribution in [-0.4, -0.2) is 23.9 Å². The second kappa shape index (κ2) is 6.32. The van der Waals surface area contributed by atoms with Crippen LogP contribution in [-0.2, 0) is 0 Å². The van der Waals surface area contributed by atoms with Gasteiger partial charge in [0.05, 0.1) is 0 Å². The van der Waals surface area contributed by atoms with Gasteiger partial charge in [-0.2, -0.15) is 0 Å². The van der Waals surface area contributed by atoms with Gasteiger partial charge in [-0.25, -0.2) is 0 Å². The first-order valence-corrected chi connectivity index (χ1v) is 8.05. The molecule has 3 rings (SSSR count). The number of benzene rings is 2. The maximum atomic E-state index is 12.6. The van der Waals surface area contributed by atoms with Crippen molar-refractivity contribution in [3.63, 3.8) is 0 Å². The van der Waals surface area contributed by atoms with Crippen molar-refractivity contribution in [1.82, 2.24) is 4.90 Å². The number of likely N-dealkylation sites (tertiary alicyclic amines) is 1. The van der Waals surface area contributed by atoms with Crippen LogP contribution in [0.4, 0.5) is 11.4 Å². The van der Waals surface area contributed by atoms with E-state index in [1.807, 2.05) is 36.1 Å². The third kappa shape index (κ3) is 3.31. The Morgan fingerprint density at radius 2 is 1.70 bits per heavy atom. The smallest absolute Gasteiger partial charge is 0.253 e. The largest absolute Gasteiger partial charge is 0.399 e. The number of piperidine rings is 1. The summed E-state index contributed by atoms with van der Waals surface area (Å²) >= 11 is 0. The zero-order valence-electron chi connectivity index (χ0n) is 13.5. The van der Waals surface area contributed by atoms with Crippen molar-refractivity contribution >= 4 is 17.3 Å². The summed E-state index contributed by atoms with van der Waals surface area (Å²) in [5.41, 5.74) is 16.1. The Balaban J connectivity index is 1.65. The number of aryl methyl sites for hydroxylation is 1. The van der Waals surface area contributed by atoms with Crippen LogP contribution in [0.5, 0.6) is 0 Å².